The number of para-hydroxylation sites is 1. The van der Waals surface area contributed by atoms with Gasteiger partial charge in [0.1, 0.15) is 16.1 Å². The lowest BCUT2D eigenvalue weighted by Crippen LogP contribution is -2.62. The Hall–Kier alpha value is -1.92. The van der Waals surface area contributed by atoms with Crippen LogP contribution < -0.4 is 15.7 Å². The van der Waals surface area contributed by atoms with Gasteiger partial charge in [-0.1, -0.05) is 86.5 Å². The van der Waals surface area contributed by atoms with Crippen LogP contribution in [0.3, 0.4) is 0 Å². The van der Waals surface area contributed by atoms with E-state index in [4.69, 9.17) is 5.10 Å². The largest absolute Gasteiger partial charge is 0.241 e. The summed E-state index contributed by atoms with van der Waals surface area (Å²) in [5, 5.41) is 9.36. The number of hydrogen-bond acceptors (Lipinski definition) is 1. The first-order chi connectivity index (χ1) is 11.3. The molecule has 0 amide bonds. The molecule has 0 unspecified atom stereocenters. The molecule has 124 valence electrons. The van der Waals surface area contributed by atoms with Crippen LogP contribution in [0, 0.1) is 0 Å². The predicted molar refractivity (Wildman–Crippen MR) is 110 cm³/mol. The molecule has 2 nitrogen and oxygen atoms in total. The maximum Gasteiger partial charge on any atom is 0.116 e. The molecule has 4 heteroatoms. The topological polar surface area (TPSA) is 17.8 Å². The molecule has 0 spiro atoms. The minimum absolute atomic E-state index is 1.14. The van der Waals surface area contributed by atoms with Crippen LogP contribution in [0.1, 0.15) is 0 Å². The second-order valence-corrected chi connectivity index (χ2v) is 17.3. The summed E-state index contributed by atoms with van der Waals surface area (Å²) in [6, 6.07) is 21.4. The van der Waals surface area contributed by atoms with Gasteiger partial charge in [-0.25, -0.2) is 4.68 Å². The van der Waals surface area contributed by atoms with Gasteiger partial charge in [0.25, 0.3) is 0 Å². The maximum atomic E-state index is 5.06. The van der Waals surface area contributed by atoms with Gasteiger partial charge < -0.3 is 0 Å². The van der Waals surface area contributed by atoms with Crippen LogP contribution in [0.25, 0.3) is 5.69 Å². The number of nitrogens with zero attached hydrogens (tertiary/aromatic N) is 2. The smallest absolute Gasteiger partial charge is 0.116 e. The Morgan fingerprint density at radius 1 is 0.750 bits per heavy atom. The molecule has 0 saturated carbocycles. The van der Waals surface area contributed by atoms with Crippen LogP contribution in [-0.4, -0.2) is 25.9 Å². The van der Waals surface area contributed by atoms with Gasteiger partial charge >= 0.3 is 0 Å². The fourth-order valence-corrected chi connectivity index (χ4v) is 8.88. The third-order valence-corrected chi connectivity index (χ3v) is 10.1. The predicted octanol–water partition coefficient (Wildman–Crippen LogP) is 3.24. The quantitative estimate of drug-likeness (QED) is 0.661. The fraction of sp³-hybridized carbons (Fsp3) is 0.250. The number of hydrogen-bond donors (Lipinski definition) is 0. The SMILES string of the molecule is C[Si](C)(C)c1nn(-c2ccccc2)cc1[Si](C)(C)c1ccccc1. The first kappa shape index (κ1) is 16.9. The second kappa shape index (κ2) is 6.18. The summed E-state index contributed by atoms with van der Waals surface area (Å²) in [6.45, 7) is 12.1. The van der Waals surface area contributed by atoms with Gasteiger partial charge in [-0.15, -0.1) is 0 Å². The molecule has 3 aromatic rings. The monoisotopic (exact) mass is 350 g/mol. The molecule has 24 heavy (non-hydrogen) atoms. The fourth-order valence-electron chi connectivity index (χ4n) is 3.11. The average molecular weight is 351 g/mol. The van der Waals surface area contributed by atoms with Crippen LogP contribution in [0.4, 0.5) is 0 Å². The third kappa shape index (κ3) is 3.16. The van der Waals surface area contributed by atoms with Crippen LogP contribution >= 0.6 is 0 Å². The summed E-state index contributed by atoms with van der Waals surface area (Å²) in [7, 11) is -3.30. The summed E-state index contributed by atoms with van der Waals surface area (Å²) in [5.41, 5.74) is 1.14. The Morgan fingerprint density at radius 3 is 1.83 bits per heavy atom. The lowest BCUT2D eigenvalue weighted by atomic mass is 10.3. The molecule has 1 heterocycles. The van der Waals surface area contributed by atoms with Crippen LogP contribution in [-0.2, 0) is 0 Å². The van der Waals surface area contributed by atoms with E-state index in [1.54, 1.807) is 0 Å². The maximum absolute atomic E-state index is 5.06. The molecule has 0 aliphatic rings. The van der Waals surface area contributed by atoms with E-state index in [0.29, 0.717) is 0 Å². The zero-order valence-corrected chi connectivity index (χ0v) is 17.2. The molecular weight excluding hydrogens is 324 g/mol. The van der Waals surface area contributed by atoms with Gasteiger partial charge in [-0.3, -0.25) is 0 Å². The first-order valence-electron chi connectivity index (χ1n) is 8.52. The molecule has 2 aromatic carbocycles. The minimum Gasteiger partial charge on any atom is -0.241 e. The summed E-state index contributed by atoms with van der Waals surface area (Å²) < 4.78 is 2.08. The van der Waals surface area contributed by atoms with E-state index < -0.39 is 16.1 Å². The molecule has 0 fully saturated rings. The van der Waals surface area contributed by atoms with E-state index in [1.807, 2.05) is 0 Å². The Balaban J connectivity index is 2.18. The van der Waals surface area contributed by atoms with Crippen molar-refractivity contribution in [1.29, 1.82) is 0 Å². The van der Waals surface area contributed by atoms with Crippen molar-refractivity contribution < 1.29 is 0 Å². The molecule has 0 aliphatic heterocycles. The highest BCUT2D eigenvalue weighted by Gasteiger charge is 2.35. The first-order valence-corrected chi connectivity index (χ1v) is 15.0. The normalized spacial score (nSPS) is 12.4. The van der Waals surface area contributed by atoms with Crippen molar-refractivity contribution in [1.82, 2.24) is 9.78 Å². The second-order valence-electron chi connectivity index (χ2n) is 7.91. The van der Waals surface area contributed by atoms with E-state index in [2.05, 4.69) is 104 Å². The minimum atomic E-state index is -1.77. The van der Waals surface area contributed by atoms with E-state index in [9.17, 15) is 0 Å². The lowest BCUT2D eigenvalue weighted by molar-refractivity contribution is 0.890. The molecule has 3 rings (SSSR count). The molecule has 0 saturated heterocycles. The van der Waals surface area contributed by atoms with Gasteiger partial charge in [-0.05, 0) is 17.3 Å². The number of aromatic nitrogens is 2. The van der Waals surface area contributed by atoms with Crippen molar-refractivity contribution in [3.05, 3.63) is 66.9 Å². The Morgan fingerprint density at radius 2 is 1.29 bits per heavy atom. The van der Waals surface area contributed by atoms with Crippen molar-refractivity contribution in [3.63, 3.8) is 0 Å². The highest BCUT2D eigenvalue weighted by molar-refractivity contribution is 7.05. The Bertz CT molecular complexity index is 816. The van der Waals surface area contributed by atoms with E-state index in [1.165, 1.54) is 15.7 Å². The zero-order valence-electron chi connectivity index (χ0n) is 15.2. The Labute approximate surface area is 147 Å². The molecule has 0 aliphatic carbocycles. The third-order valence-electron chi connectivity index (χ3n) is 4.61. The van der Waals surface area contributed by atoms with E-state index in [-0.39, 0.29) is 0 Å². The van der Waals surface area contributed by atoms with Crippen molar-refractivity contribution in [3.8, 4) is 5.69 Å². The molecular formula is C20H26N2Si2. The molecule has 1 aromatic heterocycles. The van der Waals surface area contributed by atoms with Crippen molar-refractivity contribution in [2.75, 3.05) is 0 Å². The van der Waals surface area contributed by atoms with E-state index in [0.717, 1.165) is 5.69 Å². The molecule has 0 N–H and O–H groups in total. The molecule has 0 radical (unpaired) electrons. The van der Waals surface area contributed by atoms with Gasteiger partial charge in [0.2, 0.25) is 0 Å². The average Bonchev–Trinajstić information content (AvgIpc) is 3.03. The molecule has 0 atom stereocenters. The van der Waals surface area contributed by atoms with Crippen molar-refractivity contribution >= 4 is 31.8 Å². The zero-order chi connectivity index (χ0) is 17.4. The van der Waals surface area contributed by atoms with Crippen LogP contribution in [0.2, 0.25) is 32.7 Å². The summed E-state index contributed by atoms with van der Waals surface area (Å²) in [4.78, 5) is 0. The Kier molecular flexibility index (Phi) is 4.36. The lowest BCUT2D eigenvalue weighted by Gasteiger charge is -2.26. The number of rotatable bonds is 4. The molecule has 0 bridgehead atoms. The summed E-state index contributed by atoms with van der Waals surface area (Å²) >= 11 is 0. The standard InChI is InChI=1S/C20H26N2Si2/c1-23(2,3)20-19(24(4,5)18-14-10-7-11-15-18)16-22(21-20)17-12-8-6-9-13-17/h6-16H,1-5H3. The van der Waals surface area contributed by atoms with Crippen LogP contribution in [0.15, 0.2) is 66.9 Å². The number of benzene rings is 2. The van der Waals surface area contributed by atoms with Gasteiger partial charge in [0, 0.05) is 11.5 Å². The van der Waals surface area contributed by atoms with E-state index >= 15 is 0 Å². The van der Waals surface area contributed by atoms with Gasteiger partial charge in [0.05, 0.1) is 5.69 Å². The highest BCUT2D eigenvalue weighted by atomic mass is 28.3. The van der Waals surface area contributed by atoms with Crippen LogP contribution in [0.5, 0.6) is 0 Å². The van der Waals surface area contributed by atoms with Gasteiger partial charge in [0.15, 0.2) is 0 Å². The summed E-state index contributed by atoms with van der Waals surface area (Å²) in [6.07, 6.45) is 2.29. The summed E-state index contributed by atoms with van der Waals surface area (Å²) in [5.74, 6) is 0. The van der Waals surface area contributed by atoms with Crippen molar-refractivity contribution in [2.24, 2.45) is 0 Å². The van der Waals surface area contributed by atoms with Gasteiger partial charge in [-0.2, -0.15) is 5.10 Å². The van der Waals surface area contributed by atoms with Crippen molar-refractivity contribution in [2.45, 2.75) is 32.7 Å². The highest BCUT2D eigenvalue weighted by Crippen LogP contribution is 2.11.